The molecule has 0 saturated heterocycles. The Labute approximate surface area is 138 Å². The highest BCUT2D eigenvalue weighted by molar-refractivity contribution is 5.84. The maximum atomic E-state index is 12.9. The number of hydrogen-bond donors (Lipinski definition) is 1. The Hall–Kier alpha value is -2.82. The lowest BCUT2D eigenvalue weighted by Crippen LogP contribution is -2.34. The Morgan fingerprint density at radius 1 is 1.21 bits per heavy atom. The fourth-order valence-electron chi connectivity index (χ4n) is 4.09. The Morgan fingerprint density at radius 2 is 2.08 bits per heavy atom. The molecule has 0 fully saturated rings. The summed E-state index contributed by atoms with van der Waals surface area (Å²) in [6.07, 6.45) is 0.943. The van der Waals surface area contributed by atoms with Crippen LogP contribution in [0.15, 0.2) is 47.3 Å². The van der Waals surface area contributed by atoms with Gasteiger partial charge < -0.3 is 10.1 Å². The normalized spacial score (nSPS) is 20.9. The van der Waals surface area contributed by atoms with Gasteiger partial charge in [0.1, 0.15) is 17.1 Å². The Morgan fingerprint density at radius 3 is 2.96 bits per heavy atom. The van der Waals surface area contributed by atoms with Crippen LogP contribution in [0.25, 0.3) is 10.9 Å². The summed E-state index contributed by atoms with van der Waals surface area (Å²) in [5, 5.41) is 4.18. The molecule has 1 aromatic heterocycles. The van der Waals surface area contributed by atoms with Crippen LogP contribution < -0.4 is 15.6 Å². The first-order valence-corrected chi connectivity index (χ1v) is 8.21. The molecule has 0 spiro atoms. The van der Waals surface area contributed by atoms with Crippen molar-refractivity contribution in [2.24, 2.45) is 0 Å². The van der Waals surface area contributed by atoms with E-state index in [2.05, 4.69) is 23.5 Å². The lowest BCUT2D eigenvalue weighted by atomic mass is 9.88. The predicted octanol–water partition coefficient (Wildman–Crippen LogP) is 3.06. The number of anilines is 1. The highest BCUT2D eigenvalue weighted by Gasteiger charge is 2.39. The molecule has 0 unspecified atom stereocenters. The summed E-state index contributed by atoms with van der Waals surface area (Å²) >= 11 is 0. The summed E-state index contributed by atoms with van der Waals surface area (Å²) in [6, 6.07) is 13.9. The number of methoxy groups -OCH3 is 1. The van der Waals surface area contributed by atoms with Gasteiger partial charge in [-0.2, -0.15) is 0 Å². The van der Waals surface area contributed by atoms with Crippen molar-refractivity contribution in [3.8, 4) is 5.75 Å². The minimum atomic E-state index is 0.0186. The number of ether oxygens (including phenoxy) is 1. The number of benzene rings is 2. The molecule has 3 heterocycles. The summed E-state index contributed by atoms with van der Waals surface area (Å²) in [5.74, 6) is 1.82. The first-order chi connectivity index (χ1) is 11.8. The van der Waals surface area contributed by atoms with Crippen molar-refractivity contribution < 1.29 is 4.74 Å². The zero-order chi connectivity index (χ0) is 16.3. The SMILES string of the molecule is COc1cccc2c(=O)n3c(nc12)[C@H]1Nc2ccccc2[C@@H]1CC3. The topological polar surface area (TPSA) is 56.2 Å². The van der Waals surface area contributed by atoms with Crippen LogP contribution in [0.5, 0.6) is 5.75 Å². The molecular formula is C19H17N3O2. The molecule has 0 amide bonds. The maximum absolute atomic E-state index is 12.9. The van der Waals surface area contributed by atoms with Gasteiger partial charge in [-0.15, -0.1) is 0 Å². The van der Waals surface area contributed by atoms with E-state index in [0.717, 1.165) is 17.9 Å². The second kappa shape index (κ2) is 4.84. The number of rotatable bonds is 1. The average Bonchev–Trinajstić information content (AvgIpc) is 3.01. The molecule has 2 atom stereocenters. The third kappa shape index (κ3) is 1.69. The Bertz CT molecular complexity index is 1020. The molecule has 0 bridgehead atoms. The minimum absolute atomic E-state index is 0.0186. The van der Waals surface area contributed by atoms with Crippen LogP contribution in [-0.2, 0) is 6.54 Å². The Kier molecular flexibility index (Phi) is 2.74. The van der Waals surface area contributed by atoms with Crippen LogP contribution >= 0.6 is 0 Å². The second-order valence-electron chi connectivity index (χ2n) is 6.39. The van der Waals surface area contributed by atoms with Crippen LogP contribution in [0.4, 0.5) is 5.69 Å². The monoisotopic (exact) mass is 319 g/mol. The Balaban J connectivity index is 1.76. The van der Waals surface area contributed by atoms with Gasteiger partial charge in [-0.25, -0.2) is 4.98 Å². The first kappa shape index (κ1) is 13.6. The van der Waals surface area contributed by atoms with Crippen molar-refractivity contribution in [2.75, 3.05) is 12.4 Å². The van der Waals surface area contributed by atoms with Crippen LogP contribution in [0.1, 0.15) is 29.8 Å². The first-order valence-electron chi connectivity index (χ1n) is 8.21. The number of aromatic nitrogens is 2. The molecule has 5 nitrogen and oxygen atoms in total. The molecule has 2 aromatic carbocycles. The quantitative estimate of drug-likeness (QED) is 0.749. The summed E-state index contributed by atoms with van der Waals surface area (Å²) in [5.41, 5.74) is 3.14. The molecule has 120 valence electrons. The van der Waals surface area contributed by atoms with E-state index in [4.69, 9.17) is 9.72 Å². The zero-order valence-corrected chi connectivity index (χ0v) is 13.3. The van der Waals surface area contributed by atoms with Crippen LogP contribution in [0.2, 0.25) is 0 Å². The third-order valence-electron chi connectivity index (χ3n) is 5.21. The number of fused-ring (bicyclic) bond motifs is 6. The molecule has 24 heavy (non-hydrogen) atoms. The van der Waals surface area contributed by atoms with E-state index in [9.17, 15) is 4.79 Å². The van der Waals surface area contributed by atoms with Crippen molar-refractivity contribution in [3.63, 3.8) is 0 Å². The molecule has 2 aliphatic heterocycles. The smallest absolute Gasteiger partial charge is 0.261 e. The molecule has 2 aliphatic rings. The van der Waals surface area contributed by atoms with Crippen LogP contribution in [0.3, 0.4) is 0 Å². The van der Waals surface area contributed by atoms with Crippen molar-refractivity contribution in [3.05, 3.63) is 64.2 Å². The number of nitrogens with one attached hydrogen (secondary N) is 1. The molecule has 0 aliphatic carbocycles. The molecule has 0 saturated carbocycles. The van der Waals surface area contributed by atoms with E-state index in [0.29, 0.717) is 29.1 Å². The molecule has 5 heteroatoms. The van der Waals surface area contributed by atoms with Crippen molar-refractivity contribution >= 4 is 16.6 Å². The maximum Gasteiger partial charge on any atom is 0.261 e. The van der Waals surface area contributed by atoms with Gasteiger partial charge in [-0.3, -0.25) is 9.36 Å². The van der Waals surface area contributed by atoms with E-state index >= 15 is 0 Å². The summed E-state index contributed by atoms with van der Waals surface area (Å²) in [4.78, 5) is 17.8. The minimum Gasteiger partial charge on any atom is -0.494 e. The molecule has 0 radical (unpaired) electrons. The number of nitrogens with zero attached hydrogens (tertiary/aromatic N) is 2. The lowest BCUT2D eigenvalue weighted by Gasteiger charge is -2.29. The van der Waals surface area contributed by atoms with Gasteiger partial charge in [0.2, 0.25) is 0 Å². The van der Waals surface area contributed by atoms with Crippen molar-refractivity contribution in [1.82, 2.24) is 9.55 Å². The van der Waals surface area contributed by atoms with Crippen LogP contribution in [-0.4, -0.2) is 16.7 Å². The van der Waals surface area contributed by atoms with E-state index in [1.165, 1.54) is 5.56 Å². The summed E-state index contributed by atoms with van der Waals surface area (Å²) in [7, 11) is 1.61. The standard InChI is InChI=1S/C19H17N3O2/c1-24-15-8-4-6-13-16(15)21-18-17-12(9-10-22(18)19(13)23)11-5-2-3-7-14(11)20-17/h2-8,12,17,20H,9-10H2,1H3/t12-,17-/m0/s1. The van der Waals surface area contributed by atoms with Gasteiger partial charge in [-0.1, -0.05) is 24.3 Å². The van der Waals surface area contributed by atoms with Crippen LogP contribution in [0, 0.1) is 0 Å². The highest BCUT2D eigenvalue weighted by atomic mass is 16.5. The van der Waals surface area contributed by atoms with E-state index < -0.39 is 0 Å². The number of hydrogen-bond acceptors (Lipinski definition) is 4. The average molecular weight is 319 g/mol. The van der Waals surface area contributed by atoms with E-state index in [1.54, 1.807) is 7.11 Å². The predicted molar refractivity (Wildman–Crippen MR) is 92.7 cm³/mol. The van der Waals surface area contributed by atoms with E-state index in [-0.39, 0.29) is 11.6 Å². The third-order valence-corrected chi connectivity index (χ3v) is 5.21. The molecule has 5 rings (SSSR count). The fourth-order valence-corrected chi connectivity index (χ4v) is 4.09. The fraction of sp³-hybridized carbons (Fsp3) is 0.263. The van der Waals surface area contributed by atoms with Crippen molar-refractivity contribution in [2.45, 2.75) is 24.9 Å². The van der Waals surface area contributed by atoms with Gasteiger partial charge in [0.15, 0.2) is 0 Å². The van der Waals surface area contributed by atoms with Gasteiger partial charge in [0, 0.05) is 18.2 Å². The number of para-hydroxylation sites is 2. The largest absolute Gasteiger partial charge is 0.494 e. The molecule has 1 N–H and O–H groups in total. The van der Waals surface area contributed by atoms with E-state index in [1.807, 2.05) is 28.8 Å². The molecular weight excluding hydrogens is 302 g/mol. The van der Waals surface area contributed by atoms with Crippen molar-refractivity contribution in [1.29, 1.82) is 0 Å². The van der Waals surface area contributed by atoms with Gasteiger partial charge >= 0.3 is 0 Å². The lowest BCUT2D eigenvalue weighted by molar-refractivity contribution is 0.407. The summed E-state index contributed by atoms with van der Waals surface area (Å²) in [6.45, 7) is 0.700. The summed E-state index contributed by atoms with van der Waals surface area (Å²) < 4.78 is 7.24. The highest BCUT2D eigenvalue weighted by Crippen LogP contribution is 2.47. The second-order valence-corrected chi connectivity index (χ2v) is 6.39. The van der Waals surface area contributed by atoms with Gasteiger partial charge in [-0.05, 0) is 30.2 Å². The van der Waals surface area contributed by atoms with Gasteiger partial charge in [0.25, 0.3) is 5.56 Å². The molecule has 3 aromatic rings. The zero-order valence-electron chi connectivity index (χ0n) is 13.3. The van der Waals surface area contributed by atoms with Gasteiger partial charge in [0.05, 0.1) is 18.5 Å².